The number of hydrogen-bond donors (Lipinski definition) is 1. The van der Waals surface area contributed by atoms with Gasteiger partial charge in [-0.3, -0.25) is 10.2 Å². The van der Waals surface area contributed by atoms with Crippen molar-refractivity contribution in [3.8, 4) is 6.07 Å². The third-order valence-corrected chi connectivity index (χ3v) is 3.73. The molecule has 1 aliphatic heterocycles. The summed E-state index contributed by atoms with van der Waals surface area (Å²) in [5.74, 6) is 0. The summed E-state index contributed by atoms with van der Waals surface area (Å²) in [5, 5.41) is 12.5. The zero-order valence-electron chi connectivity index (χ0n) is 14.0. The molecule has 1 N–H and O–H groups in total. The third-order valence-electron chi connectivity index (χ3n) is 3.73. The summed E-state index contributed by atoms with van der Waals surface area (Å²) in [6.07, 6.45) is 1.92. The number of nitrogens with zero attached hydrogens (tertiary/aromatic N) is 2. The van der Waals surface area contributed by atoms with E-state index in [2.05, 4.69) is 44.0 Å². The predicted octanol–water partition coefficient (Wildman–Crippen LogP) is 2.55. The predicted molar refractivity (Wildman–Crippen MR) is 82.6 cm³/mol. The number of hydrogen-bond acceptors (Lipinski definition) is 4. The summed E-state index contributed by atoms with van der Waals surface area (Å²) in [4.78, 5) is 2.47. The van der Waals surface area contributed by atoms with Gasteiger partial charge in [-0.1, -0.05) is 6.92 Å². The lowest BCUT2D eigenvalue weighted by Gasteiger charge is -2.47. The highest BCUT2D eigenvalue weighted by Crippen LogP contribution is 2.28. The first-order valence-corrected chi connectivity index (χ1v) is 7.70. The Morgan fingerprint density at radius 3 is 2.25 bits per heavy atom. The number of rotatable bonds is 6. The fourth-order valence-electron chi connectivity index (χ4n) is 3.33. The van der Waals surface area contributed by atoms with Crippen LogP contribution in [0.15, 0.2) is 0 Å². The lowest BCUT2D eigenvalue weighted by atomic mass is 9.95. The monoisotopic (exact) mass is 281 g/mol. The lowest BCUT2D eigenvalue weighted by Crippen LogP contribution is -2.57. The number of nitriles is 1. The minimum absolute atomic E-state index is 0.0953. The van der Waals surface area contributed by atoms with Crippen LogP contribution in [0.25, 0.3) is 0 Å². The van der Waals surface area contributed by atoms with Crippen molar-refractivity contribution in [3.05, 3.63) is 0 Å². The molecule has 0 aromatic rings. The fraction of sp³-hybridized carbons (Fsp3) is 0.938. The molecular weight excluding hydrogens is 250 g/mol. The highest BCUT2D eigenvalue weighted by molar-refractivity contribution is 5.03. The average molecular weight is 281 g/mol. The minimum atomic E-state index is -0.397. The normalized spacial score (nSPS) is 24.9. The Kier molecular flexibility index (Phi) is 5.60. The van der Waals surface area contributed by atoms with E-state index in [1.165, 1.54) is 0 Å². The van der Waals surface area contributed by atoms with E-state index < -0.39 is 5.54 Å². The highest BCUT2D eigenvalue weighted by Gasteiger charge is 2.37. The Labute approximate surface area is 124 Å². The molecule has 0 spiro atoms. The summed E-state index contributed by atoms with van der Waals surface area (Å²) >= 11 is 0. The van der Waals surface area contributed by atoms with Crippen LogP contribution in [0.4, 0.5) is 0 Å². The molecule has 1 unspecified atom stereocenters. The van der Waals surface area contributed by atoms with Crippen LogP contribution in [0, 0.1) is 11.3 Å². The van der Waals surface area contributed by atoms with Crippen LogP contribution in [-0.4, -0.2) is 47.8 Å². The van der Waals surface area contributed by atoms with Crippen LogP contribution in [0.3, 0.4) is 0 Å². The molecule has 1 fully saturated rings. The number of morpholine rings is 1. The van der Waals surface area contributed by atoms with Crippen molar-refractivity contribution in [2.45, 2.75) is 71.1 Å². The average Bonchev–Trinajstić information content (AvgIpc) is 2.25. The Bertz CT molecular complexity index is 343. The summed E-state index contributed by atoms with van der Waals surface area (Å²) < 4.78 is 6.09. The Balaban J connectivity index is 2.48. The zero-order valence-corrected chi connectivity index (χ0v) is 14.0. The summed E-state index contributed by atoms with van der Waals surface area (Å²) in [5.41, 5.74) is -0.587. The zero-order chi connectivity index (χ0) is 15.4. The first-order chi connectivity index (χ1) is 9.11. The number of ether oxygens (including phenoxy) is 1. The lowest BCUT2D eigenvalue weighted by molar-refractivity contribution is -0.180. The molecule has 0 aromatic heterocycles. The van der Waals surface area contributed by atoms with E-state index in [0.717, 1.165) is 39.0 Å². The molecule has 0 radical (unpaired) electrons. The molecule has 1 saturated heterocycles. The Morgan fingerprint density at radius 2 is 1.80 bits per heavy atom. The van der Waals surface area contributed by atoms with Gasteiger partial charge in [0.15, 0.2) is 0 Å². The van der Waals surface area contributed by atoms with Gasteiger partial charge in [0.1, 0.15) is 5.54 Å². The van der Waals surface area contributed by atoms with E-state index in [1.54, 1.807) is 0 Å². The van der Waals surface area contributed by atoms with Gasteiger partial charge >= 0.3 is 0 Å². The van der Waals surface area contributed by atoms with Crippen molar-refractivity contribution in [1.82, 2.24) is 10.2 Å². The van der Waals surface area contributed by atoms with E-state index in [4.69, 9.17) is 4.74 Å². The molecule has 1 heterocycles. The van der Waals surface area contributed by atoms with Gasteiger partial charge in [-0.15, -0.1) is 0 Å². The third kappa shape index (κ3) is 5.40. The molecule has 1 rings (SSSR count). The maximum Gasteiger partial charge on any atom is 0.103 e. The molecule has 116 valence electrons. The van der Waals surface area contributed by atoms with Gasteiger partial charge in [0.25, 0.3) is 0 Å². The van der Waals surface area contributed by atoms with Gasteiger partial charge < -0.3 is 4.74 Å². The molecule has 20 heavy (non-hydrogen) atoms. The molecule has 0 saturated carbocycles. The fourth-order valence-corrected chi connectivity index (χ4v) is 3.33. The Hall–Kier alpha value is -0.630. The van der Waals surface area contributed by atoms with Crippen LogP contribution < -0.4 is 5.32 Å². The van der Waals surface area contributed by atoms with E-state index in [1.807, 2.05) is 13.8 Å². The number of nitrogens with one attached hydrogen (secondary N) is 1. The van der Waals surface area contributed by atoms with Crippen LogP contribution in [0.1, 0.15) is 54.4 Å². The maximum absolute atomic E-state index is 9.27. The molecular formula is C16H31N3O. The second-order valence-electron chi connectivity index (χ2n) is 7.41. The van der Waals surface area contributed by atoms with Gasteiger partial charge in [-0.05, 0) is 60.5 Å². The smallest absolute Gasteiger partial charge is 0.103 e. The first kappa shape index (κ1) is 17.4. The molecule has 1 atom stereocenters. The van der Waals surface area contributed by atoms with Crippen molar-refractivity contribution in [1.29, 1.82) is 5.26 Å². The largest absolute Gasteiger partial charge is 0.367 e. The van der Waals surface area contributed by atoms with Crippen molar-refractivity contribution in [3.63, 3.8) is 0 Å². The van der Waals surface area contributed by atoms with Gasteiger partial charge in [-0.2, -0.15) is 5.26 Å². The van der Waals surface area contributed by atoms with Gasteiger partial charge in [0.2, 0.25) is 0 Å². The van der Waals surface area contributed by atoms with E-state index >= 15 is 0 Å². The van der Waals surface area contributed by atoms with Crippen molar-refractivity contribution in [2.24, 2.45) is 0 Å². The summed E-state index contributed by atoms with van der Waals surface area (Å²) in [6, 6.07) is 2.40. The molecule has 4 heteroatoms. The van der Waals surface area contributed by atoms with Gasteiger partial charge in [0.05, 0.1) is 17.3 Å². The second kappa shape index (κ2) is 6.43. The SMILES string of the molecule is CCNC(C)(C#N)CCCN1CC(C)(C)OC(C)(C)C1. The summed E-state index contributed by atoms with van der Waals surface area (Å²) in [7, 11) is 0. The minimum Gasteiger partial charge on any atom is -0.367 e. The van der Waals surface area contributed by atoms with Crippen LogP contribution in [0.5, 0.6) is 0 Å². The second-order valence-corrected chi connectivity index (χ2v) is 7.41. The van der Waals surface area contributed by atoms with E-state index in [-0.39, 0.29) is 11.2 Å². The quantitative estimate of drug-likeness (QED) is 0.813. The molecule has 4 nitrogen and oxygen atoms in total. The van der Waals surface area contributed by atoms with Crippen LogP contribution in [0.2, 0.25) is 0 Å². The van der Waals surface area contributed by atoms with E-state index in [9.17, 15) is 5.26 Å². The standard InChI is InChI=1S/C16H31N3O/c1-7-18-16(6,11-17)9-8-10-19-12-14(2,3)20-15(4,5)13-19/h18H,7-10,12-13H2,1-6H3. The van der Waals surface area contributed by atoms with Crippen LogP contribution in [-0.2, 0) is 4.74 Å². The van der Waals surface area contributed by atoms with Gasteiger partial charge in [-0.25, -0.2) is 0 Å². The topological polar surface area (TPSA) is 48.3 Å². The molecule has 0 aromatic carbocycles. The van der Waals surface area contributed by atoms with E-state index in [0.29, 0.717) is 0 Å². The van der Waals surface area contributed by atoms with Gasteiger partial charge in [0, 0.05) is 13.1 Å². The first-order valence-electron chi connectivity index (χ1n) is 7.70. The van der Waals surface area contributed by atoms with Crippen molar-refractivity contribution in [2.75, 3.05) is 26.2 Å². The van der Waals surface area contributed by atoms with Crippen molar-refractivity contribution < 1.29 is 4.74 Å². The highest BCUT2D eigenvalue weighted by atomic mass is 16.5. The summed E-state index contributed by atoms with van der Waals surface area (Å²) in [6.45, 7) is 16.4. The molecule has 0 bridgehead atoms. The van der Waals surface area contributed by atoms with Crippen molar-refractivity contribution >= 4 is 0 Å². The molecule has 1 aliphatic rings. The molecule has 0 aliphatic carbocycles. The Morgan fingerprint density at radius 1 is 1.25 bits per heavy atom. The molecule has 0 amide bonds. The maximum atomic E-state index is 9.27. The van der Waals surface area contributed by atoms with Crippen LogP contribution >= 0.6 is 0 Å².